The summed E-state index contributed by atoms with van der Waals surface area (Å²) in [7, 11) is 0. The van der Waals surface area contributed by atoms with Crippen molar-refractivity contribution in [2.45, 2.75) is 6.92 Å². The molecule has 0 aliphatic rings. The molecule has 0 heterocycles. The maximum absolute atomic E-state index is 5.08. The van der Waals surface area contributed by atoms with Gasteiger partial charge >= 0.3 is 0 Å². The van der Waals surface area contributed by atoms with Crippen molar-refractivity contribution in [1.29, 1.82) is 0 Å². The molecule has 0 saturated carbocycles. The molecule has 5 heavy (non-hydrogen) atoms. The third-order valence-corrected chi connectivity index (χ3v) is 0. The van der Waals surface area contributed by atoms with Crippen molar-refractivity contribution in [3.05, 3.63) is 11.6 Å². The van der Waals surface area contributed by atoms with Gasteiger partial charge < -0.3 is 0 Å². The van der Waals surface area contributed by atoms with Crippen LogP contribution in [-0.4, -0.2) is 0 Å². The van der Waals surface area contributed by atoms with E-state index < -0.39 is 0 Å². The number of rotatable bonds is 0. The van der Waals surface area contributed by atoms with E-state index in [9.17, 15) is 0 Å². The maximum Gasteiger partial charge on any atom is 0.00778 e. The third kappa shape index (κ3) is 76.7. The van der Waals surface area contributed by atoms with E-state index in [2.05, 4.69) is 6.58 Å². The topological polar surface area (TPSA) is 0 Å². The van der Waals surface area contributed by atoms with Gasteiger partial charge in [-0.2, -0.15) is 0 Å². The molecule has 0 aromatic rings. The molecule has 0 radical (unpaired) electrons. The van der Waals surface area contributed by atoms with E-state index in [1.54, 1.807) is 6.92 Å². The van der Waals surface area contributed by atoms with Crippen molar-refractivity contribution >= 4 is 11.6 Å². The fourth-order valence-corrected chi connectivity index (χ4v) is 0. The van der Waals surface area contributed by atoms with Crippen LogP contribution >= 0.6 is 11.6 Å². The van der Waals surface area contributed by atoms with Crippen LogP contribution in [0.2, 0.25) is 0 Å². The molecule has 0 saturated heterocycles. The molecular weight excluding hydrogens is 137 g/mol. The first-order chi connectivity index (χ1) is 1.73. The summed E-state index contributed by atoms with van der Waals surface area (Å²) in [6.07, 6.45) is 0. The van der Waals surface area contributed by atoms with Crippen LogP contribution < -0.4 is 0 Å². The standard InChI is InChI=1S/C3H5Cl.Zn/c1-3(2)4;/h1H2,2H3;. The van der Waals surface area contributed by atoms with Crippen LogP contribution in [0.1, 0.15) is 6.92 Å². The third-order valence-electron chi connectivity index (χ3n) is 0. The second-order valence-electron chi connectivity index (χ2n) is 0.676. The summed E-state index contributed by atoms with van der Waals surface area (Å²) in [4.78, 5) is 0. The summed E-state index contributed by atoms with van der Waals surface area (Å²) in [5, 5.41) is 0.639. The average molecular weight is 142 g/mol. The van der Waals surface area contributed by atoms with Crippen LogP contribution in [0, 0.1) is 0 Å². The van der Waals surface area contributed by atoms with Crippen LogP contribution in [0.5, 0.6) is 0 Å². The van der Waals surface area contributed by atoms with Crippen molar-refractivity contribution < 1.29 is 19.5 Å². The van der Waals surface area contributed by atoms with E-state index in [0.29, 0.717) is 5.03 Å². The van der Waals surface area contributed by atoms with Crippen molar-refractivity contribution in [1.82, 2.24) is 0 Å². The Labute approximate surface area is 50.0 Å². The number of halogens is 1. The summed E-state index contributed by atoms with van der Waals surface area (Å²) in [5.41, 5.74) is 0. The molecule has 0 spiro atoms. The van der Waals surface area contributed by atoms with Gasteiger partial charge in [0.2, 0.25) is 0 Å². The van der Waals surface area contributed by atoms with Gasteiger partial charge in [-0.1, -0.05) is 18.2 Å². The largest absolute Gasteiger partial charge is 0.0901 e. The summed E-state index contributed by atoms with van der Waals surface area (Å²) in [5.74, 6) is 0. The molecule has 0 aromatic heterocycles. The molecule has 26 valence electrons. The fraction of sp³-hybridized carbons (Fsp3) is 0.333. The Morgan fingerprint density at radius 3 is 1.80 bits per heavy atom. The minimum atomic E-state index is 0. The van der Waals surface area contributed by atoms with Crippen LogP contribution in [0.3, 0.4) is 0 Å². The molecule has 0 unspecified atom stereocenters. The molecule has 0 amide bonds. The van der Waals surface area contributed by atoms with Gasteiger partial charge in [0.25, 0.3) is 0 Å². The van der Waals surface area contributed by atoms with Crippen molar-refractivity contribution in [2.24, 2.45) is 0 Å². The Hall–Kier alpha value is 0.653. The Balaban J connectivity index is 0. The smallest absolute Gasteiger partial charge is 0.00778 e. The van der Waals surface area contributed by atoms with Gasteiger partial charge in [-0.25, -0.2) is 0 Å². The van der Waals surface area contributed by atoms with Crippen molar-refractivity contribution in [2.75, 3.05) is 0 Å². The first kappa shape index (κ1) is 9.17. The summed E-state index contributed by atoms with van der Waals surface area (Å²) < 4.78 is 0. The molecule has 0 nitrogen and oxygen atoms in total. The van der Waals surface area contributed by atoms with Gasteiger partial charge in [0.15, 0.2) is 0 Å². The quantitative estimate of drug-likeness (QED) is 0.452. The van der Waals surface area contributed by atoms with E-state index in [1.165, 1.54) is 0 Å². The van der Waals surface area contributed by atoms with E-state index in [4.69, 9.17) is 11.6 Å². The SMILES string of the molecule is C=C(C)Cl.[Zn]. The number of hydrogen-bond acceptors (Lipinski definition) is 0. The van der Waals surface area contributed by atoms with Gasteiger partial charge in [0.05, 0.1) is 0 Å². The molecule has 0 N–H and O–H groups in total. The number of hydrogen-bond donors (Lipinski definition) is 0. The summed E-state index contributed by atoms with van der Waals surface area (Å²) in [6, 6.07) is 0. The molecule has 0 fully saturated rings. The zero-order valence-electron chi connectivity index (χ0n) is 3.29. The molecule has 0 aliphatic carbocycles. The predicted octanol–water partition coefficient (Wildman–Crippen LogP) is 1.76. The summed E-state index contributed by atoms with van der Waals surface area (Å²) in [6.45, 7) is 5.06. The molecule has 0 rings (SSSR count). The molecule has 0 bridgehead atoms. The van der Waals surface area contributed by atoms with Gasteiger partial charge in [-0.3, -0.25) is 0 Å². The first-order valence-electron chi connectivity index (χ1n) is 1.04. The van der Waals surface area contributed by atoms with Crippen LogP contribution in [-0.2, 0) is 19.5 Å². The summed E-state index contributed by atoms with van der Waals surface area (Å²) >= 11 is 5.08. The minimum Gasteiger partial charge on any atom is -0.0901 e. The first-order valence-corrected chi connectivity index (χ1v) is 1.42. The van der Waals surface area contributed by atoms with Crippen molar-refractivity contribution in [3.63, 3.8) is 0 Å². The Bertz CT molecular complexity index is 29.9. The Morgan fingerprint density at radius 2 is 1.80 bits per heavy atom. The van der Waals surface area contributed by atoms with Gasteiger partial charge in [0, 0.05) is 24.5 Å². The van der Waals surface area contributed by atoms with E-state index in [1.807, 2.05) is 0 Å². The zero-order chi connectivity index (χ0) is 3.58. The van der Waals surface area contributed by atoms with Crippen molar-refractivity contribution in [3.8, 4) is 0 Å². The molecular formula is C3H5ClZn. The van der Waals surface area contributed by atoms with Crippen LogP contribution in [0.15, 0.2) is 11.6 Å². The van der Waals surface area contributed by atoms with E-state index in [0.717, 1.165) is 0 Å². The Morgan fingerprint density at radius 1 is 1.80 bits per heavy atom. The van der Waals surface area contributed by atoms with Gasteiger partial charge in [-0.05, 0) is 6.92 Å². The fourth-order valence-electron chi connectivity index (χ4n) is 0. The average Bonchev–Trinajstić information content (AvgIpc) is 0.811. The van der Waals surface area contributed by atoms with E-state index >= 15 is 0 Å². The second kappa shape index (κ2) is 4.65. The maximum atomic E-state index is 5.08. The number of allylic oxidation sites excluding steroid dienone is 1. The molecule has 0 aliphatic heterocycles. The van der Waals surface area contributed by atoms with E-state index in [-0.39, 0.29) is 19.5 Å². The molecule has 2 heteroatoms. The van der Waals surface area contributed by atoms with Gasteiger partial charge in [-0.15, -0.1) is 0 Å². The van der Waals surface area contributed by atoms with Crippen LogP contribution in [0.4, 0.5) is 0 Å². The van der Waals surface area contributed by atoms with Gasteiger partial charge in [0.1, 0.15) is 0 Å². The Kier molecular flexibility index (Phi) is 8.54. The molecule has 0 atom stereocenters. The van der Waals surface area contributed by atoms with Crippen LogP contribution in [0.25, 0.3) is 0 Å². The normalized spacial score (nSPS) is 5.20. The zero-order valence-corrected chi connectivity index (χ0v) is 7.02. The second-order valence-corrected chi connectivity index (χ2v) is 1.32. The minimum absolute atomic E-state index is 0. The molecule has 0 aromatic carbocycles. The monoisotopic (exact) mass is 140 g/mol. The predicted molar refractivity (Wildman–Crippen MR) is 20.7 cm³/mol.